The van der Waals surface area contributed by atoms with Crippen molar-refractivity contribution < 1.29 is 15.0 Å². The summed E-state index contributed by atoms with van der Waals surface area (Å²) in [6, 6.07) is 8.00. The Morgan fingerprint density at radius 1 is 1.16 bits per heavy atom. The van der Waals surface area contributed by atoms with Gasteiger partial charge < -0.3 is 15.1 Å². The number of aromatic hydroxyl groups is 2. The molecule has 0 saturated heterocycles. The highest BCUT2D eigenvalue weighted by atomic mass is 16.3. The van der Waals surface area contributed by atoms with Gasteiger partial charge >= 0.3 is 0 Å². The van der Waals surface area contributed by atoms with Crippen LogP contribution in [0.3, 0.4) is 0 Å². The Hall–Kier alpha value is -2.75. The molecule has 2 aromatic carbocycles. The maximum absolute atomic E-state index is 12.3. The third kappa shape index (κ3) is 5.12. The average molecular weight is 422 g/mol. The van der Waals surface area contributed by atoms with Gasteiger partial charge in [0.25, 0.3) is 0 Å². The molecule has 0 heterocycles. The summed E-state index contributed by atoms with van der Waals surface area (Å²) in [5.74, 6) is 0.169. The van der Waals surface area contributed by atoms with Crippen molar-refractivity contribution in [1.29, 1.82) is 0 Å². The highest BCUT2D eigenvalue weighted by molar-refractivity contribution is 5.87. The maximum atomic E-state index is 12.3. The van der Waals surface area contributed by atoms with Crippen LogP contribution in [-0.4, -0.2) is 27.1 Å². The summed E-state index contributed by atoms with van der Waals surface area (Å²) in [6.07, 6.45) is 5.94. The normalized spacial score (nSPS) is 13.3. The molecule has 0 radical (unpaired) electrons. The largest absolute Gasteiger partial charge is 0.507 e. The van der Waals surface area contributed by atoms with E-state index in [-0.39, 0.29) is 23.4 Å². The van der Waals surface area contributed by atoms with Crippen LogP contribution >= 0.6 is 0 Å². The average Bonchev–Trinajstić information content (AvgIpc) is 3.52. The van der Waals surface area contributed by atoms with Gasteiger partial charge in [-0.3, -0.25) is 4.79 Å². The predicted molar refractivity (Wildman–Crippen MR) is 127 cm³/mol. The van der Waals surface area contributed by atoms with E-state index in [9.17, 15) is 15.0 Å². The molecule has 4 nitrogen and oxygen atoms in total. The van der Waals surface area contributed by atoms with Gasteiger partial charge in [0.05, 0.1) is 5.56 Å². The first-order valence-corrected chi connectivity index (χ1v) is 11.3. The molecule has 166 valence electrons. The van der Waals surface area contributed by atoms with Crippen LogP contribution in [0.25, 0.3) is 16.7 Å². The maximum Gasteiger partial charge on any atom is 0.219 e. The fraction of sp³-hybridized carbons (Fsp3) is 0.444. The summed E-state index contributed by atoms with van der Waals surface area (Å²) in [5, 5.41) is 22.5. The minimum absolute atomic E-state index is 0.0224. The smallest absolute Gasteiger partial charge is 0.219 e. The number of nitrogens with zero attached hydrogens (tertiary/aromatic N) is 1. The number of unbranched alkanes of at least 4 members (excludes halogenated alkanes) is 2. The Morgan fingerprint density at radius 2 is 1.87 bits per heavy atom. The first-order chi connectivity index (χ1) is 14.7. The van der Waals surface area contributed by atoms with Crippen molar-refractivity contribution in [2.45, 2.75) is 78.8 Å². The standard InChI is InChI=1S/C27H35NO3/c1-6-7-8-9-20-15-25(30)26(23-14-18(4)10-13-22(23)17(2)3)27(31)24(20)16-28(19(5)29)21-11-12-21/h10,13-15,21,30-31H,2,6-9,11-12,16H2,1,3-5H3. The van der Waals surface area contributed by atoms with E-state index in [0.29, 0.717) is 12.1 Å². The molecular formula is C27H35NO3. The number of allylic oxidation sites excluding steroid dienone is 1. The number of benzene rings is 2. The molecule has 0 unspecified atom stereocenters. The molecule has 1 aliphatic carbocycles. The molecule has 0 atom stereocenters. The summed E-state index contributed by atoms with van der Waals surface area (Å²) in [4.78, 5) is 14.2. The van der Waals surface area contributed by atoms with Crippen molar-refractivity contribution in [1.82, 2.24) is 4.90 Å². The molecule has 0 aromatic heterocycles. The monoisotopic (exact) mass is 421 g/mol. The second-order valence-electron chi connectivity index (χ2n) is 8.92. The summed E-state index contributed by atoms with van der Waals surface area (Å²) in [5.41, 5.74) is 5.66. The number of carbonyl (C=O) groups excluding carboxylic acids is 1. The van der Waals surface area contributed by atoms with Gasteiger partial charge in [-0.05, 0) is 62.3 Å². The van der Waals surface area contributed by atoms with E-state index in [0.717, 1.165) is 71.9 Å². The van der Waals surface area contributed by atoms with Crippen LogP contribution in [0.5, 0.6) is 11.5 Å². The van der Waals surface area contributed by atoms with Crippen LogP contribution in [0.4, 0.5) is 0 Å². The highest BCUT2D eigenvalue weighted by Gasteiger charge is 2.32. The van der Waals surface area contributed by atoms with E-state index in [4.69, 9.17) is 0 Å². The van der Waals surface area contributed by atoms with Crippen LogP contribution in [0.1, 0.15) is 75.1 Å². The van der Waals surface area contributed by atoms with Crippen molar-refractivity contribution in [3.8, 4) is 22.6 Å². The van der Waals surface area contributed by atoms with Crippen LogP contribution in [0.15, 0.2) is 30.8 Å². The third-order valence-electron chi connectivity index (χ3n) is 6.15. The van der Waals surface area contributed by atoms with Crippen molar-refractivity contribution in [2.75, 3.05) is 0 Å². The van der Waals surface area contributed by atoms with Crippen molar-refractivity contribution >= 4 is 11.5 Å². The van der Waals surface area contributed by atoms with E-state index >= 15 is 0 Å². The number of rotatable bonds is 9. The van der Waals surface area contributed by atoms with Crippen LogP contribution in [0, 0.1) is 6.92 Å². The van der Waals surface area contributed by atoms with Gasteiger partial charge in [0.15, 0.2) is 0 Å². The number of phenolic OH excluding ortho intramolecular Hbond substituents is 2. The lowest BCUT2D eigenvalue weighted by atomic mass is 9.89. The molecular weight excluding hydrogens is 386 g/mol. The Kier molecular flexibility index (Phi) is 7.09. The second-order valence-corrected chi connectivity index (χ2v) is 8.92. The van der Waals surface area contributed by atoms with Gasteiger partial charge in [-0.1, -0.05) is 55.7 Å². The third-order valence-corrected chi connectivity index (χ3v) is 6.15. The quantitative estimate of drug-likeness (QED) is 0.464. The second kappa shape index (κ2) is 9.59. The van der Waals surface area contributed by atoms with E-state index in [1.54, 1.807) is 13.0 Å². The SMILES string of the molecule is C=C(C)c1ccc(C)cc1-c1c(O)cc(CCCCC)c(CN(C(C)=O)C2CC2)c1O. The van der Waals surface area contributed by atoms with Gasteiger partial charge in [0.1, 0.15) is 11.5 Å². The fourth-order valence-electron chi connectivity index (χ4n) is 4.27. The van der Waals surface area contributed by atoms with E-state index < -0.39 is 0 Å². The molecule has 0 spiro atoms. The van der Waals surface area contributed by atoms with E-state index in [1.165, 1.54) is 0 Å². The lowest BCUT2D eigenvalue weighted by Crippen LogP contribution is -2.30. The summed E-state index contributed by atoms with van der Waals surface area (Å²) in [7, 11) is 0. The molecule has 4 heteroatoms. The first-order valence-electron chi connectivity index (χ1n) is 11.3. The fourth-order valence-corrected chi connectivity index (χ4v) is 4.27. The van der Waals surface area contributed by atoms with E-state index in [1.807, 2.05) is 36.9 Å². The predicted octanol–water partition coefficient (Wildman–Crippen LogP) is 6.35. The van der Waals surface area contributed by atoms with Crippen LogP contribution in [-0.2, 0) is 17.8 Å². The van der Waals surface area contributed by atoms with Gasteiger partial charge in [-0.25, -0.2) is 0 Å². The highest BCUT2D eigenvalue weighted by Crippen LogP contribution is 2.45. The number of amides is 1. The van der Waals surface area contributed by atoms with Gasteiger partial charge in [-0.15, -0.1) is 0 Å². The number of hydrogen-bond donors (Lipinski definition) is 2. The van der Waals surface area contributed by atoms with E-state index in [2.05, 4.69) is 13.5 Å². The van der Waals surface area contributed by atoms with Crippen molar-refractivity contribution in [2.24, 2.45) is 0 Å². The summed E-state index contributed by atoms with van der Waals surface area (Å²) < 4.78 is 0. The molecule has 2 aromatic rings. The Morgan fingerprint density at radius 3 is 2.45 bits per heavy atom. The molecule has 2 N–H and O–H groups in total. The Labute approximate surface area is 186 Å². The van der Waals surface area contributed by atoms with Gasteiger partial charge in [0.2, 0.25) is 5.91 Å². The van der Waals surface area contributed by atoms with Crippen LogP contribution < -0.4 is 0 Å². The van der Waals surface area contributed by atoms with Crippen molar-refractivity contribution in [3.05, 3.63) is 53.1 Å². The van der Waals surface area contributed by atoms with Crippen molar-refractivity contribution in [3.63, 3.8) is 0 Å². The van der Waals surface area contributed by atoms with Crippen LogP contribution in [0.2, 0.25) is 0 Å². The Balaban J connectivity index is 2.16. The summed E-state index contributed by atoms with van der Waals surface area (Å²) in [6.45, 7) is 12.1. The molecule has 1 saturated carbocycles. The molecule has 3 rings (SSSR count). The lowest BCUT2D eigenvalue weighted by Gasteiger charge is -2.25. The van der Waals surface area contributed by atoms with Gasteiger partial charge in [-0.2, -0.15) is 0 Å². The Bertz CT molecular complexity index is 988. The molecule has 0 bridgehead atoms. The zero-order valence-corrected chi connectivity index (χ0v) is 19.3. The zero-order valence-electron chi connectivity index (χ0n) is 19.3. The molecule has 1 amide bonds. The zero-order chi connectivity index (χ0) is 22.7. The number of carbonyl (C=O) groups is 1. The minimum Gasteiger partial charge on any atom is -0.507 e. The lowest BCUT2D eigenvalue weighted by molar-refractivity contribution is -0.130. The first kappa shape index (κ1) is 22.9. The molecule has 0 aliphatic heterocycles. The topological polar surface area (TPSA) is 60.8 Å². The molecule has 1 aliphatic rings. The number of hydrogen-bond acceptors (Lipinski definition) is 3. The number of phenols is 2. The molecule has 31 heavy (non-hydrogen) atoms. The number of aryl methyl sites for hydroxylation is 2. The minimum atomic E-state index is 0.0224. The summed E-state index contributed by atoms with van der Waals surface area (Å²) >= 11 is 0. The molecule has 1 fully saturated rings. The van der Waals surface area contributed by atoms with Gasteiger partial charge in [0, 0.05) is 25.1 Å².